The van der Waals surface area contributed by atoms with Crippen molar-refractivity contribution in [2.24, 2.45) is 5.92 Å². The van der Waals surface area contributed by atoms with Crippen molar-refractivity contribution in [2.45, 2.75) is 51.2 Å². The van der Waals surface area contributed by atoms with E-state index in [1.54, 1.807) is 0 Å². The molecule has 0 radical (unpaired) electrons. The van der Waals surface area contributed by atoms with Crippen LogP contribution in [0.1, 0.15) is 33.9 Å². The molecule has 1 aromatic heterocycles. The topological polar surface area (TPSA) is 106 Å². The Balaban J connectivity index is 1.74. The number of nitrogen functional groups attached to an aromatic ring is 1. The maximum absolute atomic E-state index is 14.6. The molecule has 0 saturated carbocycles. The number of benzene rings is 2. The molecule has 1 aliphatic rings. The summed E-state index contributed by atoms with van der Waals surface area (Å²) in [5, 5.41) is 1.84. The Morgan fingerprint density at radius 2 is 1.66 bits per heavy atom. The van der Waals surface area contributed by atoms with Gasteiger partial charge in [-0.2, -0.15) is 4.98 Å². The van der Waals surface area contributed by atoms with E-state index in [1.807, 2.05) is 36.4 Å². The Labute approximate surface area is 222 Å². The summed E-state index contributed by atoms with van der Waals surface area (Å²) in [5.41, 5.74) is 4.96. The van der Waals surface area contributed by atoms with Crippen molar-refractivity contribution in [2.75, 3.05) is 19.0 Å². The number of nitrogens with two attached hydrogens (primary N) is 1. The largest absolute Gasteiger partial charge is 0.457 e. The van der Waals surface area contributed by atoms with E-state index in [4.69, 9.17) is 19.6 Å². The highest BCUT2D eigenvalue weighted by molar-refractivity contribution is 6.99. The number of rotatable bonds is 8. The van der Waals surface area contributed by atoms with Crippen LogP contribution in [0.5, 0.6) is 0 Å². The molecule has 4 atom stereocenters. The Morgan fingerprint density at radius 1 is 1.08 bits per heavy atom. The number of hydrogen-bond donors (Lipinski definition) is 1. The fraction of sp³-hybridized carbons (Fsp3) is 0.393. The summed E-state index contributed by atoms with van der Waals surface area (Å²) < 4.78 is 34.4. The van der Waals surface area contributed by atoms with Crippen molar-refractivity contribution in [1.29, 1.82) is 0 Å². The van der Waals surface area contributed by atoms with E-state index in [2.05, 4.69) is 50.0 Å². The van der Waals surface area contributed by atoms with Crippen LogP contribution in [0, 0.1) is 5.92 Å². The Kier molecular flexibility index (Phi) is 8.15. The molecule has 0 amide bonds. The van der Waals surface area contributed by atoms with Gasteiger partial charge in [-0.05, 0) is 21.5 Å². The molecule has 202 valence electrons. The number of hydrogen-bond acceptors (Lipinski definition) is 7. The van der Waals surface area contributed by atoms with Crippen molar-refractivity contribution in [1.82, 2.24) is 9.55 Å². The summed E-state index contributed by atoms with van der Waals surface area (Å²) in [4.78, 5) is 28.3. The van der Waals surface area contributed by atoms with Crippen LogP contribution >= 0.6 is 0 Å². The number of ether oxygens (including phenoxy) is 2. The fourth-order valence-electron chi connectivity index (χ4n) is 5.28. The van der Waals surface area contributed by atoms with E-state index in [0.717, 1.165) is 10.4 Å². The normalized spacial score (nSPS) is 21.8. The van der Waals surface area contributed by atoms with E-state index in [0.29, 0.717) is 0 Å². The quantitative estimate of drug-likeness (QED) is 0.347. The third-order valence-corrected chi connectivity index (χ3v) is 12.0. The lowest BCUT2D eigenvalue weighted by Crippen LogP contribution is -2.67. The van der Waals surface area contributed by atoms with Gasteiger partial charge in [-0.3, -0.25) is 13.8 Å². The van der Waals surface area contributed by atoms with Crippen LogP contribution in [0.4, 0.5) is 10.2 Å². The van der Waals surface area contributed by atoms with Crippen LogP contribution in [-0.2, 0) is 18.7 Å². The average molecular weight is 540 g/mol. The van der Waals surface area contributed by atoms with Gasteiger partial charge in [0.25, 0.3) is 8.32 Å². The minimum Gasteiger partial charge on any atom is -0.457 e. The fourth-order valence-corrected chi connectivity index (χ4v) is 9.85. The van der Waals surface area contributed by atoms with Crippen molar-refractivity contribution in [3.8, 4) is 0 Å². The van der Waals surface area contributed by atoms with Crippen LogP contribution in [0.2, 0.25) is 5.04 Å². The standard InChI is InChI=1S/C28H34FN3O5Si/c1-19(33)36-25-22(17-29)23(37-26(25)32-16-15-24(30)31-27(32)34)18-35-38(28(2,3)4,20-11-7-5-8-12-20)21-13-9-6-10-14-21/h5-16,22-23,25-26H,17-18H2,1-4H3,(H2,30,31,34). The molecule has 3 aromatic rings. The first kappa shape index (κ1) is 27.7. The van der Waals surface area contributed by atoms with Crippen LogP contribution in [0.3, 0.4) is 0 Å². The third kappa shape index (κ3) is 5.29. The summed E-state index contributed by atoms with van der Waals surface area (Å²) in [6.45, 7) is 6.87. The van der Waals surface area contributed by atoms with Gasteiger partial charge in [0, 0.05) is 13.1 Å². The smallest absolute Gasteiger partial charge is 0.351 e. The lowest BCUT2D eigenvalue weighted by atomic mass is 10.00. The molecule has 2 aromatic carbocycles. The highest BCUT2D eigenvalue weighted by Crippen LogP contribution is 2.40. The SMILES string of the molecule is CC(=O)OC1C(CF)C(CO[Si](c2ccccc2)(c2ccccc2)C(C)(C)C)OC1n1ccc(N)nc1=O. The summed E-state index contributed by atoms with van der Waals surface area (Å²) in [7, 11) is -2.94. The predicted octanol–water partition coefficient (Wildman–Crippen LogP) is 2.82. The van der Waals surface area contributed by atoms with Gasteiger partial charge in [-0.1, -0.05) is 81.4 Å². The van der Waals surface area contributed by atoms with Crippen LogP contribution in [-0.4, -0.2) is 49.3 Å². The van der Waals surface area contributed by atoms with Crippen LogP contribution in [0.25, 0.3) is 0 Å². The summed E-state index contributed by atoms with van der Waals surface area (Å²) in [6.07, 6.45) is -1.51. The van der Waals surface area contributed by atoms with E-state index in [-0.39, 0.29) is 17.5 Å². The first-order valence-electron chi connectivity index (χ1n) is 12.6. The number of nitrogens with zero attached hydrogens (tertiary/aromatic N) is 2. The van der Waals surface area contributed by atoms with Gasteiger partial charge >= 0.3 is 11.7 Å². The van der Waals surface area contributed by atoms with E-state index in [9.17, 15) is 14.0 Å². The van der Waals surface area contributed by atoms with Crippen molar-refractivity contribution in [3.05, 3.63) is 83.4 Å². The number of aromatic nitrogens is 2. The summed E-state index contributed by atoms with van der Waals surface area (Å²) in [6, 6.07) is 21.6. The molecule has 8 nitrogen and oxygen atoms in total. The van der Waals surface area contributed by atoms with Gasteiger partial charge in [0.2, 0.25) is 0 Å². The molecule has 2 N–H and O–H groups in total. The first-order valence-corrected chi connectivity index (χ1v) is 14.5. The minimum absolute atomic E-state index is 0.0350. The molecule has 10 heteroatoms. The molecule has 0 bridgehead atoms. The number of carbonyl (C=O) groups excluding carboxylic acids is 1. The molecule has 1 saturated heterocycles. The van der Waals surface area contributed by atoms with Gasteiger partial charge in [0.05, 0.1) is 25.3 Å². The number of halogens is 1. The second-order valence-corrected chi connectivity index (χ2v) is 14.8. The minimum atomic E-state index is -2.94. The maximum Gasteiger partial charge on any atom is 0.351 e. The molecule has 4 rings (SSSR count). The van der Waals surface area contributed by atoms with Crippen molar-refractivity contribution >= 4 is 30.5 Å². The molecule has 0 spiro atoms. The third-order valence-electron chi connectivity index (χ3n) is 6.98. The zero-order chi connectivity index (χ0) is 27.5. The molecule has 4 unspecified atom stereocenters. The second kappa shape index (κ2) is 11.2. The predicted molar refractivity (Wildman–Crippen MR) is 145 cm³/mol. The zero-order valence-corrected chi connectivity index (χ0v) is 23.0. The molecule has 38 heavy (non-hydrogen) atoms. The van der Waals surface area contributed by atoms with Gasteiger partial charge in [-0.25, -0.2) is 4.79 Å². The van der Waals surface area contributed by atoms with Gasteiger partial charge < -0.3 is 19.6 Å². The van der Waals surface area contributed by atoms with Crippen LogP contribution < -0.4 is 21.8 Å². The Morgan fingerprint density at radius 3 is 2.13 bits per heavy atom. The molecule has 1 aliphatic heterocycles. The number of anilines is 1. The number of alkyl halides is 1. The Hall–Kier alpha value is -3.34. The molecule has 2 heterocycles. The average Bonchev–Trinajstić information content (AvgIpc) is 3.21. The number of carbonyl (C=O) groups is 1. The molecule has 1 fully saturated rings. The van der Waals surface area contributed by atoms with Gasteiger partial charge in [0.1, 0.15) is 5.82 Å². The lowest BCUT2D eigenvalue weighted by molar-refractivity contribution is -0.154. The molecular formula is C28H34FN3O5Si. The maximum atomic E-state index is 14.6. The second-order valence-electron chi connectivity index (χ2n) is 10.5. The number of esters is 1. The molecular weight excluding hydrogens is 505 g/mol. The summed E-state index contributed by atoms with van der Waals surface area (Å²) in [5.74, 6) is -1.42. The van der Waals surface area contributed by atoms with Crippen molar-refractivity contribution in [3.63, 3.8) is 0 Å². The monoisotopic (exact) mass is 539 g/mol. The molecule has 0 aliphatic carbocycles. The lowest BCUT2D eigenvalue weighted by Gasteiger charge is -2.43. The van der Waals surface area contributed by atoms with E-state index < -0.39 is 51.0 Å². The van der Waals surface area contributed by atoms with Crippen molar-refractivity contribution < 1.29 is 23.1 Å². The van der Waals surface area contributed by atoms with E-state index in [1.165, 1.54) is 23.8 Å². The highest BCUT2D eigenvalue weighted by atomic mass is 28.4. The van der Waals surface area contributed by atoms with Gasteiger partial charge in [0.15, 0.2) is 12.3 Å². The zero-order valence-electron chi connectivity index (χ0n) is 22.0. The first-order chi connectivity index (χ1) is 18.1. The summed E-state index contributed by atoms with van der Waals surface area (Å²) >= 11 is 0. The Bertz CT molecular complexity index is 1260. The highest BCUT2D eigenvalue weighted by Gasteiger charge is 2.53. The van der Waals surface area contributed by atoms with Crippen LogP contribution in [0.15, 0.2) is 77.7 Å². The van der Waals surface area contributed by atoms with Gasteiger partial charge in [-0.15, -0.1) is 0 Å². The van der Waals surface area contributed by atoms with E-state index >= 15 is 0 Å².